The van der Waals surface area contributed by atoms with E-state index in [0.29, 0.717) is 11.1 Å². The van der Waals surface area contributed by atoms with Crippen molar-refractivity contribution in [1.29, 1.82) is 0 Å². The van der Waals surface area contributed by atoms with Crippen molar-refractivity contribution in [3.8, 4) is 0 Å². The van der Waals surface area contributed by atoms with Crippen LogP contribution in [0.3, 0.4) is 0 Å². The number of ether oxygens (including phenoxy) is 1. The molecule has 0 fully saturated rings. The van der Waals surface area contributed by atoms with Crippen molar-refractivity contribution in [2.75, 3.05) is 7.11 Å². The van der Waals surface area contributed by atoms with Gasteiger partial charge >= 0.3 is 5.97 Å². The van der Waals surface area contributed by atoms with Gasteiger partial charge in [-0.05, 0) is 11.6 Å². The second-order valence-corrected chi connectivity index (χ2v) is 3.89. The minimum absolute atomic E-state index is 0.0261. The summed E-state index contributed by atoms with van der Waals surface area (Å²) in [5.74, 6) is -0.497. The highest BCUT2D eigenvalue weighted by atomic mass is 35.5. The lowest BCUT2D eigenvalue weighted by Crippen LogP contribution is -2.06. The van der Waals surface area contributed by atoms with Crippen LogP contribution in [0.25, 0.3) is 0 Å². The number of carbonyl (C=O) groups is 1. The largest absolute Gasteiger partial charge is 0.469 e. The quantitative estimate of drug-likeness (QED) is 0.367. The number of hydrogen-bond acceptors (Lipinski definition) is 4. The maximum Gasteiger partial charge on any atom is 0.310 e. The number of carbonyl (C=O) groups excluding carboxylic acids is 1. The molecule has 5 nitrogen and oxygen atoms in total. The molecular weight excluding hydrogens is 269 g/mol. The van der Waals surface area contributed by atoms with E-state index < -0.39 is 10.9 Å². The van der Waals surface area contributed by atoms with Gasteiger partial charge in [0.2, 0.25) is 0 Å². The fourth-order valence-corrected chi connectivity index (χ4v) is 1.74. The maximum absolute atomic E-state index is 11.1. The van der Waals surface area contributed by atoms with Crippen LogP contribution in [0, 0.1) is 10.1 Å². The van der Waals surface area contributed by atoms with E-state index in [-0.39, 0.29) is 23.0 Å². The highest BCUT2D eigenvalue weighted by Gasteiger charge is 2.18. The van der Waals surface area contributed by atoms with Gasteiger partial charge in [0.25, 0.3) is 5.69 Å². The molecule has 0 bridgehead atoms. The highest BCUT2D eigenvalue weighted by molar-refractivity contribution is 6.31. The van der Waals surface area contributed by atoms with Crippen LogP contribution in [-0.4, -0.2) is 18.0 Å². The molecule has 1 rings (SSSR count). The third-order valence-electron chi connectivity index (χ3n) is 2.15. The highest BCUT2D eigenvalue weighted by Crippen LogP contribution is 2.28. The SMILES string of the molecule is COC(=O)Cc1cc(CCl)c([N+](=O)[O-])cc1Cl. The van der Waals surface area contributed by atoms with Crippen molar-refractivity contribution >= 4 is 34.9 Å². The molecule has 17 heavy (non-hydrogen) atoms. The van der Waals surface area contributed by atoms with Crippen LogP contribution in [0.5, 0.6) is 0 Å². The van der Waals surface area contributed by atoms with Gasteiger partial charge in [-0.2, -0.15) is 0 Å². The van der Waals surface area contributed by atoms with Crippen LogP contribution in [0.4, 0.5) is 5.69 Å². The van der Waals surface area contributed by atoms with E-state index >= 15 is 0 Å². The van der Waals surface area contributed by atoms with Gasteiger partial charge in [0.05, 0.1) is 29.4 Å². The maximum atomic E-state index is 11.1. The summed E-state index contributed by atoms with van der Waals surface area (Å²) in [6.45, 7) is 0. The van der Waals surface area contributed by atoms with Crippen molar-refractivity contribution in [3.05, 3.63) is 38.4 Å². The summed E-state index contributed by atoms with van der Waals surface area (Å²) in [7, 11) is 1.25. The lowest BCUT2D eigenvalue weighted by molar-refractivity contribution is -0.385. The average molecular weight is 278 g/mol. The van der Waals surface area contributed by atoms with Crippen molar-refractivity contribution in [2.24, 2.45) is 0 Å². The van der Waals surface area contributed by atoms with E-state index in [1.54, 1.807) is 0 Å². The van der Waals surface area contributed by atoms with Gasteiger partial charge in [-0.25, -0.2) is 0 Å². The summed E-state index contributed by atoms with van der Waals surface area (Å²) in [5, 5.41) is 10.9. The van der Waals surface area contributed by atoms with Crippen molar-refractivity contribution in [2.45, 2.75) is 12.3 Å². The standard InChI is InChI=1S/C10H9Cl2NO4/c1-17-10(14)3-6-2-7(5-11)9(13(15)16)4-8(6)12/h2,4H,3,5H2,1H3. The molecular formula is C10H9Cl2NO4. The molecule has 0 radical (unpaired) electrons. The molecule has 0 aromatic heterocycles. The smallest absolute Gasteiger partial charge is 0.310 e. The number of nitro groups is 1. The van der Waals surface area contributed by atoms with E-state index in [9.17, 15) is 14.9 Å². The van der Waals surface area contributed by atoms with E-state index in [0.717, 1.165) is 0 Å². The van der Waals surface area contributed by atoms with Gasteiger partial charge in [0, 0.05) is 11.6 Å². The summed E-state index contributed by atoms with van der Waals surface area (Å²) in [6.07, 6.45) is -0.0444. The number of halogens is 2. The van der Waals surface area contributed by atoms with Gasteiger partial charge in [0.1, 0.15) is 0 Å². The molecule has 0 atom stereocenters. The Hall–Kier alpha value is -1.33. The number of rotatable bonds is 4. The van der Waals surface area contributed by atoms with Gasteiger partial charge in [-0.3, -0.25) is 14.9 Å². The molecule has 0 aliphatic rings. The Morgan fingerprint density at radius 2 is 2.12 bits per heavy atom. The Balaban J connectivity index is 3.17. The normalized spacial score (nSPS) is 10.1. The number of benzene rings is 1. The summed E-state index contributed by atoms with van der Waals surface area (Å²) < 4.78 is 4.50. The third kappa shape index (κ3) is 3.31. The number of nitro benzene ring substituents is 1. The third-order valence-corrected chi connectivity index (χ3v) is 2.79. The van der Waals surface area contributed by atoms with E-state index in [1.165, 1.54) is 19.2 Å². The fourth-order valence-electron chi connectivity index (χ4n) is 1.30. The minimum atomic E-state index is -0.564. The first-order valence-electron chi connectivity index (χ1n) is 4.58. The van der Waals surface area contributed by atoms with E-state index in [4.69, 9.17) is 23.2 Å². The first-order chi connectivity index (χ1) is 7.99. The summed E-state index contributed by atoms with van der Waals surface area (Å²) >= 11 is 11.5. The molecule has 0 amide bonds. The Morgan fingerprint density at radius 1 is 1.47 bits per heavy atom. The fraction of sp³-hybridized carbons (Fsp3) is 0.300. The van der Waals surface area contributed by atoms with Crippen LogP contribution in [0.1, 0.15) is 11.1 Å². The Labute approximate surface area is 107 Å². The molecule has 0 unspecified atom stereocenters. The van der Waals surface area contributed by atoms with Crippen LogP contribution < -0.4 is 0 Å². The zero-order valence-electron chi connectivity index (χ0n) is 8.91. The molecule has 0 heterocycles. The number of alkyl halides is 1. The number of nitrogens with zero attached hydrogens (tertiary/aromatic N) is 1. The summed E-state index contributed by atoms with van der Waals surface area (Å²) in [6, 6.07) is 2.64. The minimum Gasteiger partial charge on any atom is -0.469 e. The summed E-state index contributed by atoms with van der Waals surface area (Å²) in [5.41, 5.74) is 0.623. The van der Waals surface area contributed by atoms with Gasteiger partial charge in [0.15, 0.2) is 0 Å². The van der Waals surface area contributed by atoms with Crippen LogP contribution in [-0.2, 0) is 21.8 Å². The predicted octanol–water partition coefficient (Wildman–Crippen LogP) is 2.70. The van der Waals surface area contributed by atoms with Gasteiger partial charge in [-0.1, -0.05) is 11.6 Å². The molecule has 1 aromatic rings. The molecule has 7 heteroatoms. The van der Waals surface area contributed by atoms with E-state index in [1.807, 2.05) is 0 Å². The lowest BCUT2D eigenvalue weighted by Gasteiger charge is -2.06. The molecule has 0 aliphatic heterocycles. The number of hydrogen-bond donors (Lipinski definition) is 0. The molecule has 0 saturated heterocycles. The van der Waals surface area contributed by atoms with Crippen molar-refractivity contribution < 1.29 is 14.5 Å². The molecule has 0 saturated carbocycles. The number of esters is 1. The average Bonchev–Trinajstić information content (AvgIpc) is 2.30. The first kappa shape index (κ1) is 13.7. The summed E-state index contributed by atoms with van der Waals surface area (Å²) in [4.78, 5) is 21.3. The number of methoxy groups -OCH3 is 1. The first-order valence-corrected chi connectivity index (χ1v) is 5.49. The van der Waals surface area contributed by atoms with Gasteiger partial charge < -0.3 is 4.74 Å². The second-order valence-electron chi connectivity index (χ2n) is 3.22. The Kier molecular flexibility index (Phi) is 4.72. The van der Waals surface area contributed by atoms with Crippen LogP contribution in [0.15, 0.2) is 12.1 Å². The lowest BCUT2D eigenvalue weighted by atomic mass is 10.1. The Morgan fingerprint density at radius 3 is 2.59 bits per heavy atom. The van der Waals surface area contributed by atoms with Gasteiger partial charge in [-0.15, -0.1) is 11.6 Å². The zero-order valence-corrected chi connectivity index (χ0v) is 10.4. The predicted molar refractivity (Wildman–Crippen MR) is 63.4 cm³/mol. The van der Waals surface area contributed by atoms with E-state index in [2.05, 4.69) is 4.74 Å². The van der Waals surface area contributed by atoms with Crippen LogP contribution in [0.2, 0.25) is 5.02 Å². The topological polar surface area (TPSA) is 69.4 Å². The van der Waals surface area contributed by atoms with Crippen LogP contribution >= 0.6 is 23.2 Å². The second kappa shape index (κ2) is 5.84. The Bertz CT molecular complexity index is 462. The van der Waals surface area contributed by atoms with Crippen molar-refractivity contribution in [3.63, 3.8) is 0 Å². The molecule has 1 aromatic carbocycles. The van der Waals surface area contributed by atoms with Crippen molar-refractivity contribution in [1.82, 2.24) is 0 Å². The molecule has 0 aliphatic carbocycles. The monoisotopic (exact) mass is 277 g/mol. The zero-order chi connectivity index (χ0) is 13.0. The molecule has 92 valence electrons. The molecule has 0 spiro atoms. The molecule has 0 N–H and O–H groups in total.